The summed E-state index contributed by atoms with van der Waals surface area (Å²) in [4.78, 5) is 18.1. The second kappa shape index (κ2) is 8.85. The molecule has 2 heterocycles. The fraction of sp³-hybridized carbons (Fsp3) is 0.375. The van der Waals surface area contributed by atoms with E-state index in [4.69, 9.17) is 4.74 Å². The van der Waals surface area contributed by atoms with E-state index in [2.05, 4.69) is 10.3 Å². The quantitative estimate of drug-likeness (QED) is 0.674. The molecular weight excluding hydrogens is 394 g/mol. The van der Waals surface area contributed by atoms with Gasteiger partial charge in [-0.25, -0.2) is 22.9 Å². The molecule has 2 aromatic rings. The number of hydrogen-bond donors (Lipinski definition) is 2. The number of aromatic nitrogens is 1. The lowest BCUT2D eigenvalue weighted by Crippen LogP contribution is -2.34. The Hall–Kier alpha value is -1.62. The van der Waals surface area contributed by atoms with E-state index in [9.17, 15) is 13.2 Å². The molecule has 0 radical (unpaired) electrons. The Labute approximate surface area is 161 Å². The molecule has 10 heteroatoms. The molecular formula is C16H21N3O4S3. The molecule has 0 bridgehead atoms. The van der Waals surface area contributed by atoms with Crippen LogP contribution in [0.4, 0.5) is 10.6 Å². The zero-order valence-corrected chi connectivity index (χ0v) is 17.4. The fourth-order valence-electron chi connectivity index (χ4n) is 2.20. The molecule has 0 saturated carbocycles. The maximum absolute atomic E-state index is 12.4. The number of nitrogens with zero attached hydrogens (tertiary/aromatic N) is 1. The Bertz CT molecular complexity index is 894. The predicted molar refractivity (Wildman–Crippen MR) is 105 cm³/mol. The van der Waals surface area contributed by atoms with E-state index >= 15 is 0 Å². The Morgan fingerprint density at radius 1 is 1.31 bits per heavy atom. The maximum Gasteiger partial charge on any atom is 0.334 e. The molecule has 2 aromatic heterocycles. The van der Waals surface area contributed by atoms with E-state index in [1.54, 1.807) is 26.2 Å². The highest BCUT2D eigenvalue weighted by Crippen LogP contribution is 2.26. The van der Waals surface area contributed by atoms with Gasteiger partial charge in [-0.3, -0.25) is 5.32 Å². The number of carbonyl (C=O) groups is 1. The van der Waals surface area contributed by atoms with Gasteiger partial charge in [0, 0.05) is 29.0 Å². The Morgan fingerprint density at radius 2 is 2.04 bits per heavy atom. The van der Waals surface area contributed by atoms with Gasteiger partial charge in [0.05, 0.1) is 6.61 Å². The molecule has 7 nitrogen and oxygen atoms in total. The third-order valence-electron chi connectivity index (χ3n) is 3.43. The van der Waals surface area contributed by atoms with Crippen LogP contribution in [0.15, 0.2) is 27.3 Å². The van der Waals surface area contributed by atoms with Crippen LogP contribution in [-0.4, -0.2) is 39.4 Å². The summed E-state index contributed by atoms with van der Waals surface area (Å²) in [6, 6.07) is 4.27. The van der Waals surface area contributed by atoms with Crippen LogP contribution in [-0.2, 0) is 21.2 Å². The molecule has 0 aromatic carbocycles. The molecule has 2 N–H and O–H groups in total. The molecule has 2 amide bonds. The summed E-state index contributed by atoms with van der Waals surface area (Å²) in [5, 5.41) is 2.47. The average Bonchev–Trinajstić information content (AvgIpc) is 2.93. The van der Waals surface area contributed by atoms with Gasteiger partial charge < -0.3 is 4.74 Å². The van der Waals surface area contributed by atoms with E-state index < -0.39 is 16.1 Å². The second-order valence-corrected chi connectivity index (χ2v) is 9.43. The van der Waals surface area contributed by atoms with Gasteiger partial charge in [0.15, 0.2) is 0 Å². The Balaban J connectivity index is 2.11. The van der Waals surface area contributed by atoms with Crippen molar-refractivity contribution in [2.45, 2.75) is 29.4 Å². The first-order valence-corrected chi connectivity index (χ1v) is 11.2. The Morgan fingerprint density at radius 3 is 2.69 bits per heavy atom. The monoisotopic (exact) mass is 415 g/mol. The van der Waals surface area contributed by atoms with Gasteiger partial charge in [0.1, 0.15) is 10.0 Å². The van der Waals surface area contributed by atoms with E-state index in [0.29, 0.717) is 18.8 Å². The third kappa shape index (κ3) is 5.44. The summed E-state index contributed by atoms with van der Waals surface area (Å²) in [5.74, 6) is 0.296. The molecule has 0 aliphatic rings. The molecule has 26 heavy (non-hydrogen) atoms. The van der Waals surface area contributed by atoms with E-state index in [1.165, 1.54) is 11.8 Å². The van der Waals surface area contributed by atoms with Crippen LogP contribution in [0.1, 0.15) is 16.1 Å². The van der Waals surface area contributed by atoms with Gasteiger partial charge in [-0.15, -0.1) is 23.1 Å². The lowest BCUT2D eigenvalue weighted by Gasteiger charge is -2.08. The number of thiophene rings is 1. The third-order valence-corrected chi connectivity index (χ3v) is 7.24. The van der Waals surface area contributed by atoms with E-state index in [1.807, 2.05) is 24.0 Å². The first-order chi connectivity index (χ1) is 12.2. The molecule has 0 fully saturated rings. The van der Waals surface area contributed by atoms with Crippen molar-refractivity contribution in [1.82, 2.24) is 9.71 Å². The highest BCUT2D eigenvalue weighted by molar-refractivity contribution is 7.98. The van der Waals surface area contributed by atoms with Crippen LogP contribution >= 0.6 is 23.1 Å². The van der Waals surface area contributed by atoms with Crippen LogP contribution in [0.25, 0.3) is 0 Å². The number of urea groups is 1. The largest absolute Gasteiger partial charge is 0.384 e. The SMILES string of the molecule is COCCc1sc(S(=O)(=O)NC(=O)Nc2cc(SC)cc(C)n2)cc1C. The summed E-state index contributed by atoms with van der Waals surface area (Å²) < 4.78 is 32.0. The van der Waals surface area contributed by atoms with Gasteiger partial charge >= 0.3 is 6.03 Å². The second-order valence-electron chi connectivity index (χ2n) is 5.51. The molecule has 0 spiro atoms. The van der Waals surface area contributed by atoms with Crippen LogP contribution in [0.5, 0.6) is 0 Å². The molecule has 0 unspecified atom stereocenters. The normalized spacial score (nSPS) is 11.4. The maximum atomic E-state index is 12.4. The highest BCUT2D eigenvalue weighted by Gasteiger charge is 2.22. The zero-order chi connectivity index (χ0) is 19.3. The van der Waals surface area contributed by atoms with Gasteiger partial charge in [-0.05, 0) is 43.9 Å². The lowest BCUT2D eigenvalue weighted by molar-refractivity contribution is 0.203. The number of rotatable bonds is 7. The number of thioether (sulfide) groups is 1. The van der Waals surface area contributed by atoms with E-state index in [-0.39, 0.29) is 4.21 Å². The summed E-state index contributed by atoms with van der Waals surface area (Å²) in [7, 11) is -2.36. The Kier molecular flexibility index (Phi) is 7.04. The van der Waals surface area contributed by atoms with Crippen molar-refractivity contribution in [2.24, 2.45) is 0 Å². The van der Waals surface area contributed by atoms with Crippen molar-refractivity contribution in [3.8, 4) is 0 Å². The van der Waals surface area contributed by atoms with Crippen molar-refractivity contribution < 1.29 is 17.9 Å². The highest BCUT2D eigenvalue weighted by atomic mass is 32.2. The van der Waals surface area contributed by atoms with Gasteiger partial charge in [-0.2, -0.15) is 0 Å². The number of sulfonamides is 1. The van der Waals surface area contributed by atoms with Gasteiger partial charge in [0.25, 0.3) is 10.0 Å². The number of hydrogen-bond acceptors (Lipinski definition) is 7. The van der Waals surface area contributed by atoms with Crippen molar-refractivity contribution in [2.75, 3.05) is 25.3 Å². The van der Waals surface area contributed by atoms with E-state index in [0.717, 1.165) is 32.4 Å². The van der Waals surface area contributed by atoms with Gasteiger partial charge in [-0.1, -0.05) is 0 Å². The molecule has 2 rings (SSSR count). The minimum absolute atomic E-state index is 0.0956. The number of ether oxygens (including phenoxy) is 1. The smallest absolute Gasteiger partial charge is 0.334 e. The molecule has 142 valence electrons. The summed E-state index contributed by atoms with van der Waals surface area (Å²) in [6.07, 6.45) is 2.53. The van der Waals surface area contributed by atoms with Crippen LogP contribution in [0, 0.1) is 13.8 Å². The first kappa shape index (κ1) is 20.7. The molecule has 0 aliphatic carbocycles. The number of amides is 2. The van der Waals surface area contributed by atoms with Crippen LogP contribution in [0.3, 0.4) is 0 Å². The number of anilines is 1. The lowest BCUT2D eigenvalue weighted by atomic mass is 10.2. The van der Waals surface area contributed by atoms with Crippen molar-refractivity contribution >= 4 is 45.0 Å². The number of aryl methyl sites for hydroxylation is 2. The van der Waals surface area contributed by atoms with Crippen LogP contribution in [0.2, 0.25) is 0 Å². The van der Waals surface area contributed by atoms with Crippen molar-refractivity contribution in [3.63, 3.8) is 0 Å². The number of carbonyl (C=O) groups excluding carboxylic acids is 1. The predicted octanol–water partition coefficient (Wildman–Crippen LogP) is 3.18. The van der Waals surface area contributed by atoms with Crippen molar-refractivity contribution in [1.29, 1.82) is 0 Å². The van der Waals surface area contributed by atoms with Gasteiger partial charge in [0.2, 0.25) is 0 Å². The summed E-state index contributed by atoms with van der Waals surface area (Å²) in [5.41, 5.74) is 1.59. The molecule has 0 aliphatic heterocycles. The zero-order valence-electron chi connectivity index (χ0n) is 15.0. The number of methoxy groups -OCH3 is 1. The number of pyridine rings is 1. The molecule has 0 atom stereocenters. The topological polar surface area (TPSA) is 97.4 Å². The summed E-state index contributed by atoms with van der Waals surface area (Å²) >= 11 is 2.64. The minimum atomic E-state index is -3.95. The first-order valence-electron chi connectivity index (χ1n) is 7.70. The van der Waals surface area contributed by atoms with Crippen LogP contribution < -0.4 is 10.0 Å². The minimum Gasteiger partial charge on any atom is -0.384 e. The standard InChI is InChI=1S/C16H21N3O4S3/c1-10-7-15(25-13(10)5-6-23-3)26(21,22)19-16(20)18-14-9-12(24-4)8-11(2)17-14/h7-9H,5-6H2,1-4H3,(H2,17,18,19,20). The van der Waals surface area contributed by atoms with Crippen molar-refractivity contribution in [3.05, 3.63) is 34.3 Å². The number of nitrogens with one attached hydrogen (secondary N) is 2. The fourth-order valence-corrected chi connectivity index (χ4v) is 5.19. The summed E-state index contributed by atoms with van der Waals surface area (Å²) in [6.45, 7) is 4.14. The average molecular weight is 416 g/mol. The molecule has 0 saturated heterocycles.